The number of ether oxygens (including phenoxy) is 12. The molecular formula is C70H64N6O21. The van der Waals surface area contributed by atoms with E-state index in [0.717, 1.165) is 17.0 Å². The summed E-state index contributed by atoms with van der Waals surface area (Å²) in [6.45, 7) is -1.34. The molecule has 16 atom stereocenters. The van der Waals surface area contributed by atoms with Gasteiger partial charge < -0.3 is 67.1 Å². The van der Waals surface area contributed by atoms with E-state index < -0.39 is 146 Å². The molecule has 7 aromatic carbocycles. The number of aliphatic hydroxyl groups is 2. The third kappa shape index (κ3) is 13.7. The van der Waals surface area contributed by atoms with Crippen LogP contribution in [-0.2, 0) is 71.9 Å². The van der Waals surface area contributed by atoms with E-state index in [-0.39, 0.29) is 59.9 Å². The van der Waals surface area contributed by atoms with E-state index in [1.807, 2.05) is 30.3 Å². The second-order valence-corrected chi connectivity index (χ2v) is 23.5. The molecule has 1 unspecified atom stereocenters. The number of rotatable bonds is 23. The minimum atomic E-state index is -2.14. The van der Waals surface area contributed by atoms with Gasteiger partial charge in [-0.1, -0.05) is 133 Å². The lowest BCUT2D eigenvalue weighted by molar-refractivity contribution is -0.389. The van der Waals surface area contributed by atoms with E-state index >= 15 is 9.59 Å². The van der Waals surface area contributed by atoms with Crippen molar-refractivity contribution in [2.45, 2.75) is 118 Å². The molecule has 27 nitrogen and oxygen atoms in total. The van der Waals surface area contributed by atoms with Crippen molar-refractivity contribution in [1.82, 2.24) is 9.80 Å². The first-order chi connectivity index (χ1) is 47.3. The zero-order valence-corrected chi connectivity index (χ0v) is 51.7. The van der Waals surface area contributed by atoms with Crippen LogP contribution in [0.25, 0.3) is 10.4 Å². The number of methoxy groups -OCH3 is 1. The Bertz CT molecular complexity index is 3970. The maximum absolute atomic E-state index is 15.1. The predicted octanol–water partition coefficient (Wildman–Crippen LogP) is 7.57. The molecule has 0 bridgehead atoms. The molecule has 6 aliphatic rings. The molecule has 2 N–H and O–H groups in total. The summed E-state index contributed by atoms with van der Waals surface area (Å²) in [5, 5.41) is 42.3. The van der Waals surface area contributed by atoms with Gasteiger partial charge in [-0.05, 0) is 70.8 Å². The molecular weight excluding hydrogens is 1260 g/mol. The number of carbonyl (C=O) groups is 5. The number of nitrogens with zero attached hydrogens (tertiary/aromatic N) is 6. The van der Waals surface area contributed by atoms with Gasteiger partial charge in [0.25, 0.3) is 29.3 Å². The number of hydrogen-bond donors (Lipinski definition) is 2. The number of aliphatic hydroxyl groups excluding tert-OH is 2. The van der Waals surface area contributed by atoms with Gasteiger partial charge in [0.1, 0.15) is 72.8 Å². The lowest BCUT2D eigenvalue weighted by atomic mass is 9.92. The fourth-order valence-corrected chi connectivity index (χ4v) is 12.8. The van der Waals surface area contributed by atoms with Gasteiger partial charge in [-0.2, -0.15) is 0 Å². The molecule has 500 valence electrons. The fourth-order valence-electron chi connectivity index (χ4n) is 12.8. The third-order valence-electron chi connectivity index (χ3n) is 17.6. The molecule has 6 aliphatic heterocycles. The average molecular weight is 1330 g/mol. The zero-order chi connectivity index (χ0) is 67.3. The Morgan fingerprint density at radius 2 is 1.08 bits per heavy atom. The highest BCUT2D eigenvalue weighted by Gasteiger charge is 2.61. The Morgan fingerprint density at radius 3 is 1.63 bits per heavy atom. The smallest absolute Gasteiger partial charge is 0.338 e. The highest BCUT2D eigenvalue weighted by molar-refractivity contribution is 6.22. The summed E-state index contributed by atoms with van der Waals surface area (Å²) in [4.78, 5) is 89.2. The Kier molecular flexibility index (Phi) is 20.0. The second kappa shape index (κ2) is 29.3. The van der Waals surface area contributed by atoms with Crippen LogP contribution in [0.1, 0.15) is 80.3 Å². The summed E-state index contributed by atoms with van der Waals surface area (Å²) in [5.74, 6) is -4.03. The summed E-state index contributed by atoms with van der Waals surface area (Å²) in [5.41, 5.74) is 12.1. The lowest BCUT2D eigenvalue weighted by Gasteiger charge is -2.52. The number of hydrogen-bond acceptors (Lipinski definition) is 22. The van der Waals surface area contributed by atoms with Gasteiger partial charge in [-0.25, -0.2) is 4.79 Å². The molecule has 4 amide bonds. The summed E-state index contributed by atoms with van der Waals surface area (Å²) >= 11 is 0. The number of fused-ring (bicyclic) bond motifs is 3. The molecule has 27 heteroatoms. The third-order valence-corrected chi connectivity index (χ3v) is 17.6. The summed E-state index contributed by atoms with van der Waals surface area (Å²) in [7, 11) is 1.51. The van der Waals surface area contributed by atoms with Crippen molar-refractivity contribution in [2.75, 3.05) is 26.9 Å². The minimum absolute atomic E-state index is 0.0228. The number of carbonyl (C=O) groups excluding carboxylic acids is 5. The molecule has 0 radical (unpaired) electrons. The minimum Gasteiger partial charge on any atom is -0.497 e. The number of benzene rings is 7. The van der Waals surface area contributed by atoms with Crippen LogP contribution in [0.3, 0.4) is 0 Å². The molecule has 7 aromatic rings. The van der Waals surface area contributed by atoms with Crippen LogP contribution in [0.2, 0.25) is 0 Å². The number of esters is 1. The van der Waals surface area contributed by atoms with Crippen LogP contribution in [0, 0.1) is 10.1 Å². The molecule has 0 saturated carbocycles. The normalized spacial score (nSPS) is 28.3. The summed E-state index contributed by atoms with van der Waals surface area (Å²) in [6, 6.07) is 46.6. The number of non-ortho nitro benzene ring substituents is 1. The highest BCUT2D eigenvalue weighted by Crippen LogP contribution is 2.43. The van der Waals surface area contributed by atoms with E-state index in [2.05, 4.69) is 10.0 Å². The number of azide groups is 1. The van der Waals surface area contributed by atoms with Gasteiger partial charge >= 0.3 is 5.97 Å². The van der Waals surface area contributed by atoms with Crippen LogP contribution in [0.4, 0.5) is 5.69 Å². The van der Waals surface area contributed by atoms with E-state index in [9.17, 15) is 40.2 Å². The molecule has 0 spiro atoms. The van der Waals surface area contributed by atoms with Crippen LogP contribution >= 0.6 is 0 Å². The first-order valence-corrected chi connectivity index (χ1v) is 31.1. The topological polar surface area (TPSA) is 335 Å². The Labute approximate surface area is 553 Å². The number of nitro groups is 1. The Morgan fingerprint density at radius 1 is 0.588 bits per heavy atom. The molecule has 13 rings (SSSR count). The summed E-state index contributed by atoms with van der Waals surface area (Å²) in [6.07, 6.45) is -22.7. The van der Waals surface area contributed by atoms with E-state index in [4.69, 9.17) is 56.8 Å². The molecule has 0 aromatic heterocycles. The Balaban J connectivity index is 0.905. The first kappa shape index (κ1) is 66.0. The van der Waals surface area contributed by atoms with Crippen LogP contribution in [-0.4, -0.2) is 173 Å². The van der Waals surface area contributed by atoms with Crippen molar-refractivity contribution >= 4 is 35.3 Å². The van der Waals surface area contributed by atoms with Crippen molar-refractivity contribution in [3.05, 3.63) is 259 Å². The number of nitro benzene ring substituents is 1. The number of imide groups is 2. The van der Waals surface area contributed by atoms with E-state index in [1.54, 1.807) is 97.1 Å². The van der Waals surface area contributed by atoms with Gasteiger partial charge in [0.15, 0.2) is 31.2 Å². The van der Waals surface area contributed by atoms with Crippen molar-refractivity contribution in [2.24, 2.45) is 5.11 Å². The summed E-state index contributed by atoms with van der Waals surface area (Å²) < 4.78 is 78.4. The van der Waals surface area contributed by atoms with Gasteiger partial charge in [0, 0.05) is 22.6 Å². The van der Waals surface area contributed by atoms with Crippen molar-refractivity contribution in [1.29, 1.82) is 0 Å². The van der Waals surface area contributed by atoms with Gasteiger partial charge in [-0.15, -0.1) is 0 Å². The molecule has 4 saturated heterocycles. The molecule has 97 heavy (non-hydrogen) atoms. The van der Waals surface area contributed by atoms with Crippen LogP contribution in [0.5, 0.6) is 5.75 Å². The molecule has 6 heterocycles. The van der Waals surface area contributed by atoms with Gasteiger partial charge in [0.2, 0.25) is 0 Å². The lowest BCUT2D eigenvalue weighted by Crippen LogP contribution is -2.71. The second-order valence-electron chi connectivity index (χ2n) is 23.5. The van der Waals surface area contributed by atoms with Crippen molar-refractivity contribution in [3.63, 3.8) is 0 Å². The number of amides is 4. The van der Waals surface area contributed by atoms with Gasteiger partial charge in [-0.3, -0.25) is 39.1 Å². The van der Waals surface area contributed by atoms with E-state index in [1.165, 1.54) is 55.6 Å². The largest absolute Gasteiger partial charge is 0.497 e. The van der Waals surface area contributed by atoms with Crippen LogP contribution < -0.4 is 4.74 Å². The zero-order valence-electron chi connectivity index (χ0n) is 51.7. The SMILES string of the molecule is COc1ccc(COC[C@H]2O[C@@H](N=[N+]=[N-])[C@H](N3C(=O)c4ccccc4C3=O)[C@@H](O)[C@@H]2O[C@@H]2O[C@H](COCc3ccccc3)[C@@H](O[C@@H]3O[C@@H]4COC(c5ccccc5)O[C@H]4[C@H](OCc4ccccc4)[C@H]3OC(=O)c3ccc([N+](=O)[O-])cc3)[C@H](O)[C@H]2N2C(=O)c3ccccc3C2=O)cc1. The molecule has 0 aliphatic carbocycles. The average Bonchev–Trinajstić information content (AvgIpc) is 1.66. The standard InChI is InChI=1S/C70H64N6O21/c1-86-45-31-25-41(26-32-45)34-88-36-50-57(55(77)53(62(91-50)72-73-71)74-63(79)46-21-11-12-22-47(46)64(74)80)95-69-54(75-65(81)48-23-13-14-24-49(48)66(75)82)56(78)58(51(92-69)37-87-33-39-15-5-2-6-16-39)96-70-61(94-67(83)42-27-29-44(30-28-42)76(84)85)60(89-35-40-17-7-3-8-18-40)59-52(93-70)38-90-68(97-59)43-19-9-4-10-20-43/h2-32,50-62,68-70,77-78H,33-38H2,1H3/t50-,51-,52-,53-,54-,55-,56-,57-,58-,59-,60+,61-,62-,68?,69+,70+/m1/s1. The van der Waals surface area contributed by atoms with Crippen LogP contribution in [0.15, 0.2) is 193 Å². The van der Waals surface area contributed by atoms with Crippen molar-refractivity contribution in [3.8, 4) is 5.75 Å². The highest BCUT2D eigenvalue weighted by atomic mass is 16.8. The Hall–Kier alpha value is -9.68. The predicted molar refractivity (Wildman–Crippen MR) is 334 cm³/mol. The quantitative estimate of drug-likeness (QED) is 0.0119. The van der Waals surface area contributed by atoms with E-state index in [0.29, 0.717) is 32.9 Å². The van der Waals surface area contributed by atoms with Crippen molar-refractivity contribution < 1.29 is 96.0 Å². The maximum atomic E-state index is 15.1. The van der Waals surface area contributed by atoms with Gasteiger partial charge in [0.05, 0.1) is 79.5 Å². The molecule has 4 fully saturated rings. The first-order valence-electron chi connectivity index (χ1n) is 31.1. The maximum Gasteiger partial charge on any atom is 0.338 e. The fraction of sp³-hybridized carbons (Fsp3) is 0.329. The monoisotopic (exact) mass is 1320 g/mol.